The van der Waals surface area contributed by atoms with Crippen LogP contribution in [-0.4, -0.2) is 37.2 Å². The fraction of sp³-hybridized carbons (Fsp3) is 0.136. The van der Waals surface area contributed by atoms with Gasteiger partial charge in [0.2, 0.25) is 5.75 Å². The van der Waals surface area contributed by atoms with E-state index in [1.165, 1.54) is 0 Å². The first kappa shape index (κ1) is 18.5. The van der Waals surface area contributed by atoms with Crippen LogP contribution in [0.25, 0.3) is 22.8 Å². The molecule has 0 unspecified atom stereocenters. The molecule has 1 aliphatic rings. The average Bonchev–Trinajstić information content (AvgIpc) is 3.07. The van der Waals surface area contributed by atoms with Crippen molar-refractivity contribution in [1.29, 1.82) is 0 Å². The first-order valence-corrected chi connectivity index (χ1v) is 8.88. The van der Waals surface area contributed by atoms with Crippen LogP contribution in [0.5, 0.6) is 17.2 Å². The van der Waals surface area contributed by atoms with Gasteiger partial charge in [-0.3, -0.25) is 9.78 Å². The molecule has 4 rings (SSSR count). The van der Waals surface area contributed by atoms with Crippen LogP contribution in [0.3, 0.4) is 0 Å². The Labute approximate surface area is 168 Å². The lowest BCUT2D eigenvalue weighted by Crippen LogP contribution is -2.04. The molecule has 146 valence electrons. The Morgan fingerprint density at radius 2 is 1.62 bits per heavy atom. The standard InChI is InChI=1S/C22H19N3O4/c1-27-18-10-14(11-19(28-2)20(18)29-3)15-9-16-17(8-13-4-6-23-7-5-13)22(26)25-21(16)24-12-15/h4-12H,1-3H3,(H,24,25,26). The summed E-state index contributed by atoms with van der Waals surface area (Å²) in [4.78, 5) is 20.9. The topological polar surface area (TPSA) is 82.6 Å². The van der Waals surface area contributed by atoms with E-state index in [1.807, 2.05) is 36.4 Å². The van der Waals surface area contributed by atoms with Gasteiger partial charge >= 0.3 is 0 Å². The molecule has 0 saturated carbocycles. The highest BCUT2D eigenvalue weighted by atomic mass is 16.5. The van der Waals surface area contributed by atoms with Gasteiger partial charge in [-0.05, 0) is 47.5 Å². The van der Waals surface area contributed by atoms with E-state index in [-0.39, 0.29) is 5.91 Å². The van der Waals surface area contributed by atoms with Crippen LogP contribution in [0.1, 0.15) is 11.1 Å². The second-order valence-corrected chi connectivity index (χ2v) is 6.33. The SMILES string of the molecule is COc1cc(-c2cnc3c(c2)C(=Cc2ccncc2)C(=O)N3)cc(OC)c1OC. The van der Waals surface area contributed by atoms with Gasteiger partial charge in [0.25, 0.3) is 5.91 Å². The number of benzene rings is 1. The predicted octanol–water partition coefficient (Wildman–Crippen LogP) is 3.66. The minimum atomic E-state index is -0.189. The number of ether oxygens (including phenoxy) is 3. The van der Waals surface area contributed by atoms with Crippen LogP contribution in [0, 0.1) is 0 Å². The number of nitrogens with zero attached hydrogens (tertiary/aromatic N) is 2. The van der Waals surface area contributed by atoms with Crippen molar-refractivity contribution in [2.75, 3.05) is 26.6 Å². The van der Waals surface area contributed by atoms with Gasteiger partial charge in [-0.15, -0.1) is 0 Å². The third-order valence-electron chi connectivity index (χ3n) is 4.67. The number of pyridine rings is 2. The Kier molecular flexibility index (Phi) is 4.87. The molecule has 3 aromatic rings. The number of amides is 1. The van der Waals surface area contributed by atoms with Crippen LogP contribution in [0.15, 0.2) is 48.9 Å². The summed E-state index contributed by atoms with van der Waals surface area (Å²) in [5.41, 5.74) is 3.82. The molecule has 0 spiro atoms. The highest BCUT2D eigenvalue weighted by Crippen LogP contribution is 2.42. The van der Waals surface area contributed by atoms with Crippen molar-refractivity contribution in [3.8, 4) is 28.4 Å². The highest BCUT2D eigenvalue weighted by molar-refractivity contribution is 6.34. The first-order chi connectivity index (χ1) is 14.1. The maximum absolute atomic E-state index is 12.5. The molecule has 1 N–H and O–H groups in total. The molecular weight excluding hydrogens is 370 g/mol. The van der Waals surface area contributed by atoms with Crippen LogP contribution in [0.4, 0.5) is 5.82 Å². The fourth-order valence-electron chi connectivity index (χ4n) is 3.24. The summed E-state index contributed by atoms with van der Waals surface area (Å²) in [5.74, 6) is 1.95. The smallest absolute Gasteiger partial charge is 0.257 e. The Morgan fingerprint density at radius 1 is 0.931 bits per heavy atom. The molecule has 1 amide bonds. The van der Waals surface area contributed by atoms with Crippen molar-refractivity contribution in [3.05, 3.63) is 60.0 Å². The second-order valence-electron chi connectivity index (χ2n) is 6.33. The van der Waals surface area contributed by atoms with Crippen LogP contribution in [0.2, 0.25) is 0 Å². The molecule has 1 aliphatic heterocycles. The van der Waals surface area contributed by atoms with Crippen molar-refractivity contribution >= 4 is 23.4 Å². The summed E-state index contributed by atoms with van der Waals surface area (Å²) in [6.07, 6.45) is 6.90. The van der Waals surface area contributed by atoms with E-state index in [0.29, 0.717) is 28.6 Å². The van der Waals surface area contributed by atoms with Gasteiger partial charge in [-0.1, -0.05) is 0 Å². The van der Waals surface area contributed by atoms with Crippen molar-refractivity contribution in [1.82, 2.24) is 9.97 Å². The fourth-order valence-corrected chi connectivity index (χ4v) is 3.24. The summed E-state index contributed by atoms with van der Waals surface area (Å²) in [5, 5.41) is 2.81. The van der Waals surface area contributed by atoms with E-state index in [0.717, 1.165) is 22.3 Å². The van der Waals surface area contributed by atoms with Crippen LogP contribution < -0.4 is 19.5 Å². The summed E-state index contributed by atoms with van der Waals surface area (Å²) in [6.45, 7) is 0. The van der Waals surface area contributed by atoms with Crippen molar-refractivity contribution in [3.63, 3.8) is 0 Å². The molecule has 0 atom stereocenters. The number of fused-ring (bicyclic) bond motifs is 1. The predicted molar refractivity (Wildman–Crippen MR) is 110 cm³/mol. The minimum Gasteiger partial charge on any atom is -0.493 e. The van der Waals surface area contributed by atoms with Gasteiger partial charge in [-0.25, -0.2) is 4.98 Å². The number of nitrogens with one attached hydrogen (secondary N) is 1. The monoisotopic (exact) mass is 389 g/mol. The number of aromatic nitrogens is 2. The van der Waals surface area contributed by atoms with Crippen LogP contribution in [-0.2, 0) is 4.79 Å². The second kappa shape index (κ2) is 7.63. The van der Waals surface area contributed by atoms with Gasteiger partial charge < -0.3 is 19.5 Å². The molecule has 0 fully saturated rings. The van der Waals surface area contributed by atoms with E-state index in [9.17, 15) is 4.79 Å². The molecule has 1 aromatic carbocycles. The number of carbonyl (C=O) groups excluding carboxylic acids is 1. The average molecular weight is 389 g/mol. The molecule has 29 heavy (non-hydrogen) atoms. The van der Waals surface area contributed by atoms with Gasteiger partial charge in [0.15, 0.2) is 11.5 Å². The molecule has 0 radical (unpaired) electrons. The number of methoxy groups -OCH3 is 3. The van der Waals surface area contributed by atoms with E-state index in [1.54, 1.807) is 39.9 Å². The van der Waals surface area contributed by atoms with Crippen molar-refractivity contribution < 1.29 is 19.0 Å². The zero-order valence-electron chi connectivity index (χ0n) is 16.2. The Morgan fingerprint density at radius 3 is 2.24 bits per heavy atom. The first-order valence-electron chi connectivity index (χ1n) is 8.88. The summed E-state index contributed by atoms with van der Waals surface area (Å²) < 4.78 is 16.3. The maximum atomic E-state index is 12.5. The van der Waals surface area contributed by atoms with Gasteiger partial charge in [-0.2, -0.15) is 0 Å². The molecule has 7 nitrogen and oxygen atoms in total. The minimum absolute atomic E-state index is 0.189. The maximum Gasteiger partial charge on any atom is 0.257 e. The van der Waals surface area contributed by atoms with E-state index in [2.05, 4.69) is 15.3 Å². The van der Waals surface area contributed by atoms with Crippen LogP contribution >= 0.6 is 0 Å². The Bertz CT molecular complexity index is 1090. The number of carbonyl (C=O) groups is 1. The molecule has 7 heteroatoms. The molecule has 3 heterocycles. The zero-order chi connectivity index (χ0) is 20.4. The quantitative estimate of drug-likeness (QED) is 0.671. The molecule has 2 aromatic heterocycles. The Hall–Kier alpha value is -3.87. The lowest BCUT2D eigenvalue weighted by atomic mass is 10.0. The van der Waals surface area contributed by atoms with E-state index >= 15 is 0 Å². The summed E-state index contributed by atoms with van der Waals surface area (Å²) >= 11 is 0. The third kappa shape index (κ3) is 3.38. The van der Waals surface area contributed by atoms with Crippen molar-refractivity contribution in [2.24, 2.45) is 0 Å². The molecule has 0 bridgehead atoms. The molecule has 0 aliphatic carbocycles. The lowest BCUT2D eigenvalue weighted by Gasteiger charge is -2.14. The van der Waals surface area contributed by atoms with Crippen molar-refractivity contribution in [2.45, 2.75) is 0 Å². The van der Waals surface area contributed by atoms with Gasteiger partial charge in [0, 0.05) is 29.7 Å². The lowest BCUT2D eigenvalue weighted by molar-refractivity contribution is -0.110. The Balaban J connectivity index is 1.82. The van der Waals surface area contributed by atoms with Gasteiger partial charge in [0.1, 0.15) is 5.82 Å². The van der Waals surface area contributed by atoms with Gasteiger partial charge in [0.05, 0.1) is 26.9 Å². The zero-order valence-corrected chi connectivity index (χ0v) is 16.2. The third-order valence-corrected chi connectivity index (χ3v) is 4.67. The highest BCUT2D eigenvalue weighted by Gasteiger charge is 2.26. The van der Waals surface area contributed by atoms with E-state index < -0.39 is 0 Å². The number of hydrogen-bond acceptors (Lipinski definition) is 6. The largest absolute Gasteiger partial charge is 0.493 e. The number of anilines is 1. The summed E-state index contributed by atoms with van der Waals surface area (Å²) in [7, 11) is 4.70. The molecular formula is C22H19N3O4. The molecule has 0 saturated heterocycles. The summed E-state index contributed by atoms with van der Waals surface area (Å²) in [6, 6.07) is 9.31. The number of hydrogen-bond donors (Lipinski definition) is 1. The normalized spacial score (nSPS) is 13.8. The number of rotatable bonds is 5. The van der Waals surface area contributed by atoms with E-state index in [4.69, 9.17) is 14.2 Å².